The zero-order valence-corrected chi connectivity index (χ0v) is 33.3. The Morgan fingerprint density at radius 2 is 1.77 bits per heavy atom. The van der Waals surface area contributed by atoms with E-state index in [0.29, 0.717) is 30.8 Å². The van der Waals surface area contributed by atoms with Crippen molar-refractivity contribution in [3.8, 4) is 0 Å². The van der Waals surface area contributed by atoms with Gasteiger partial charge in [0.1, 0.15) is 11.9 Å². The van der Waals surface area contributed by atoms with Gasteiger partial charge in [-0.05, 0) is 75.0 Å². The number of carbonyl (C=O) groups is 3. The number of aryl methyl sites for hydroxylation is 1. The van der Waals surface area contributed by atoms with Gasteiger partial charge < -0.3 is 34.9 Å². The number of benzene rings is 1. The van der Waals surface area contributed by atoms with Gasteiger partial charge in [0.25, 0.3) is 5.91 Å². The fraction of sp³-hybridized carbons (Fsp3) is 0.659. The maximum atomic E-state index is 14.2. The molecule has 1 aromatic rings. The number of amidine groups is 1. The summed E-state index contributed by atoms with van der Waals surface area (Å²) in [5.74, 6) is -0.257. The van der Waals surface area contributed by atoms with Crippen molar-refractivity contribution in [1.82, 2.24) is 20.9 Å². The molecule has 0 aromatic heterocycles. The van der Waals surface area contributed by atoms with Gasteiger partial charge in [0.15, 0.2) is 0 Å². The summed E-state index contributed by atoms with van der Waals surface area (Å²) >= 11 is 0. The Labute approximate surface area is 317 Å². The molecule has 1 saturated carbocycles. The topological polar surface area (TPSA) is 131 Å². The van der Waals surface area contributed by atoms with Gasteiger partial charge in [-0.25, -0.2) is 4.99 Å². The lowest BCUT2D eigenvalue weighted by Gasteiger charge is -2.58. The van der Waals surface area contributed by atoms with Crippen molar-refractivity contribution >= 4 is 30.7 Å². The lowest BCUT2D eigenvalue weighted by atomic mass is 9.50. The van der Waals surface area contributed by atoms with Crippen LogP contribution in [0.2, 0.25) is 0 Å². The first-order valence-corrected chi connectivity index (χ1v) is 19.9. The number of morpholine rings is 1. The predicted octanol–water partition coefficient (Wildman–Crippen LogP) is 5.40. The summed E-state index contributed by atoms with van der Waals surface area (Å²) in [6.45, 7) is 19.5. The molecular weight excluding hydrogens is 669 g/mol. The van der Waals surface area contributed by atoms with Crippen LogP contribution in [0.1, 0.15) is 110 Å². The SMILES string of the molecule is CCCCc1ccc(C(=O)N[C@@H](CNC(=O)/C(C)=C/N=C(CCC)N2CCOCC2)C(=O)NC(CC(C)C)B2OC3CC4=CC(C4(C)C)[C@]3(C)O2)cc1. The number of rotatable bonds is 16. The van der Waals surface area contributed by atoms with Crippen molar-refractivity contribution in [3.05, 3.63) is 58.8 Å². The second-order valence-corrected chi connectivity index (χ2v) is 16.4. The van der Waals surface area contributed by atoms with E-state index >= 15 is 0 Å². The van der Waals surface area contributed by atoms with Crippen molar-refractivity contribution in [3.63, 3.8) is 0 Å². The Bertz CT molecular complexity index is 1550. The minimum Gasteiger partial charge on any atom is -0.404 e. The number of hydrogen-bond acceptors (Lipinski definition) is 7. The molecule has 0 spiro atoms. The highest BCUT2D eigenvalue weighted by Gasteiger charge is 2.65. The summed E-state index contributed by atoms with van der Waals surface area (Å²) in [4.78, 5) is 48.0. The van der Waals surface area contributed by atoms with E-state index in [1.54, 1.807) is 25.3 Å². The number of nitrogens with one attached hydrogen (secondary N) is 3. The van der Waals surface area contributed by atoms with E-state index in [1.165, 1.54) is 5.57 Å². The van der Waals surface area contributed by atoms with Crippen molar-refractivity contribution in [2.45, 2.75) is 124 Å². The van der Waals surface area contributed by atoms with E-state index in [0.717, 1.165) is 63.0 Å². The summed E-state index contributed by atoms with van der Waals surface area (Å²) < 4.78 is 18.8. The minimum absolute atomic E-state index is 0.0556. The van der Waals surface area contributed by atoms with E-state index in [9.17, 15) is 14.4 Å². The second kappa shape index (κ2) is 17.8. The average molecular weight is 732 g/mol. The van der Waals surface area contributed by atoms with Crippen LogP contribution in [0.25, 0.3) is 0 Å². The maximum Gasteiger partial charge on any atom is 0.481 e. The maximum absolute atomic E-state index is 14.2. The van der Waals surface area contributed by atoms with Crippen LogP contribution in [-0.2, 0) is 30.1 Å². The molecule has 3 unspecified atom stereocenters. The Morgan fingerprint density at radius 3 is 2.42 bits per heavy atom. The smallest absolute Gasteiger partial charge is 0.404 e. The zero-order valence-electron chi connectivity index (χ0n) is 33.3. The molecule has 53 heavy (non-hydrogen) atoms. The highest BCUT2D eigenvalue weighted by atomic mass is 16.7. The van der Waals surface area contributed by atoms with Crippen molar-refractivity contribution < 1.29 is 28.4 Å². The quantitative estimate of drug-likeness (QED) is 0.0683. The van der Waals surface area contributed by atoms with Crippen molar-refractivity contribution in [2.24, 2.45) is 22.2 Å². The molecule has 290 valence electrons. The first kappa shape index (κ1) is 40.7. The van der Waals surface area contributed by atoms with Crippen LogP contribution in [0.4, 0.5) is 0 Å². The molecule has 12 heteroatoms. The van der Waals surface area contributed by atoms with Gasteiger partial charge in [-0.15, -0.1) is 0 Å². The van der Waals surface area contributed by atoms with Gasteiger partial charge >= 0.3 is 7.12 Å². The van der Waals surface area contributed by atoms with Crippen LogP contribution >= 0.6 is 0 Å². The summed E-state index contributed by atoms with van der Waals surface area (Å²) in [7, 11) is -0.645. The van der Waals surface area contributed by atoms with Crippen molar-refractivity contribution in [1.29, 1.82) is 0 Å². The highest BCUT2D eigenvalue weighted by Crippen LogP contribution is 2.61. The summed E-state index contributed by atoms with van der Waals surface area (Å²) in [6, 6.07) is 6.42. The molecule has 5 atom stereocenters. The molecule has 2 saturated heterocycles. The first-order valence-electron chi connectivity index (χ1n) is 19.9. The van der Waals surface area contributed by atoms with Crippen LogP contribution < -0.4 is 16.0 Å². The van der Waals surface area contributed by atoms with Crippen molar-refractivity contribution in [2.75, 3.05) is 32.8 Å². The monoisotopic (exact) mass is 731 g/mol. The Balaban J connectivity index is 1.31. The molecule has 2 bridgehead atoms. The third-order valence-electron chi connectivity index (χ3n) is 11.4. The molecule has 3 amide bonds. The number of hydrogen-bond donors (Lipinski definition) is 3. The molecular formula is C41H62BN5O6. The third-order valence-corrected chi connectivity index (χ3v) is 11.4. The summed E-state index contributed by atoms with van der Waals surface area (Å²) in [5.41, 5.74) is 2.96. The first-order chi connectivity index (χ1) is 25.3. The fourth-order valence-corrected chi connectivity index (χ4v) is 8.09. The molecule has 3 aliphatic carbocycles. The molecule has 5 aliphatic rings. The molecule has 2 heterocycles. The number of aliphatic imine (C=N–C) groups is 1. The normalized spacial score (nSPS) is 24.9. The molecule has 11 nitrogen and oxygen atoms in total. The highest BCUT2D eigenvalue weighted by molar-refractivity contribution is 6.48. The second-order valence-electron chi connectivity index (χ2n) is 16.4. The minimum atomic E-state index is -1.06. The molecule has 3 N–H and O–H groups in total. The molecule has 2 aliphatic heterocycles. The van der Waals surface area contributed by atoms with E-state index in [-0.39, 0.29) is 35.8 Å². The van der Waals surface area contributed by atoms with E-state index in [4.69, 9.17) is 14.0 Å². The molecule has 1 aromatic carbocycles. The van der Waals surface area contributed by atoms with Crippen LogP contribution in [0.3, 0.4) is 0 Å². The van der Waals surface area contributed by atoms with Gasteiger partial charge in [-0.1, -0.05) is 71.7 Å². The van der Waals surface area contributed by atoms with Gasteiger partial charge in [-0.3, -0.25) is 14.4 Å². The van der Waals surface area contributed by atoms with E-state index in [2.05, 4.69) is 80.4 Å². The Hall–Kier alpha value is -3.48. The average Bonchev–Trinajstić information content (AvgIpc) is 3.51. The van der Waals surface area contributed by atoms with Gasteiger partial charge in [-0.2, -0.15) is 0 Å². The summed E-state index contributed by atoms with van der Waals surface area (Å²) in [6.07, 6.45) is 10.1. The predicted molar refractivity (Wildman–Crippen MR) is 209 cm³/mol. The van der Waals surface area contributed by atoms with Crippen LogP contribution in [-0.4, -0.2) is 92.1 Å². The number of ether oxygens (including phenoxy) is 1. The molecule has 3 fully saturated rings. The van der Waals surface area contributed by atoms with Gasteiger partial charge in [0.05, 0.1) is 30.9 Å². The summed E-state index contributed by atoms with van der Waals surface area (Å²) in [5, 5.41) is 8.97. The fourth-order valence-electron chi connectivity index (χ4n) is 8.09. The lowest BCUT2D eigenvalue weighted by molar-refractivity contribution is -0.123. The van der Waals surface area contributed by atoms with Crippen LogP contribution in [0.5, 0.6) is 0 Å². The number of unbranched alkanes of at least 4 members (excludes halogenated alkanes) is 1. The standard InChI is InChI=1S/C41H62BN5O6/c1-9-11-13-29-14-16-30(17-15-29)38(49)45-32(26-44-37(48)28(5)25-43-36(12-10-2)47-18-20-51-21-19-47)39(50)46-35(22-27(3)4)42-52-34-24-31-23-33(40(31,6)7)41(34,8)53-42/h14-17,23,25,27,32-35H,9-13,18-22,24,26H2,1-8H3,(H,44,48)(H,45,49)(H,46,50)/b28-25+,43-36?/t32-,33?,34?,35?,41-/m0/s1. The van der Waals surface area contributed by atoms with E-state index in [1.807, 2.05) is 12.1 Å². The molecule has 0 radical (unpaired) electrons. The Kier molecular flexibility index (Phi) is 13.7. The van der Waals surface area contributed by atoms with Crippen LogP contribution in [0.15, 0.2) is 52.7 Å². The zero-order chi connectivity index (χ0) is 38.3. The Morgan fingerprint density at radius 1 is 1.06 bits per heavy atom. The molecule has 6 rings (SSSR count). The number of carbonyl (C=O) groups excluding carboxylic acids is 3. The van der Waals surface area contributed by atoms with Gasteiger partial charge in [0, 0.05) is 49.3 Å². The number of amides is 3. The number of nitrogens with zero attached hydrogens (tertiary/aromatic N) is 2. The third kappa shape index (κ3) is 9.61. The lowest BCUT2D eigenvalue weighted by Crippen LogP contribution is -2.60. The van der Waals surface area contributed by atoms with E-state index < -0.39 is 36.5 Å². The van der Waals surface area contributed by atoms with Crippen LogP contribution in [0, 0.1) is 17.3 Å². The van der Waals surface area contributed by atoms with Gasteiger partial charge in [0.2, 0.25) is 11.8 Å². The largest absolute Gasteiger partial charge is 0.481 e.